The number of benzene rings is 1. The summed E-state index contributed by atoms with van der Waals surface area (Å²) >= 11 is 7.64. The Morgan fingerprint density at radius 1 is 1.37 bits per heavy atom. The lowest BCUT2D eigenvalue weighted by atomic mass is 10.0. The molecule has 5 heteroatoms. The van der Waals surface area contributed by atoms with E-state index in [1.165, 1.54) is 10.9 Å². The van der Waals surface area contributed by atoms with Crippen LogP contribution in [0.4, 0.5) is 4.39 Å². The maximum Gasteiger partial charge on any atom is 0.127 e. The lowest BCUT2D eigenvalue weighted by molar-refractivity contribution is 0.583. The van der Waals surface area contributed by atoms with Crippen molar-refractivity contribution in [2.45, 2.75) is 32.7 Å². The predicted molar refractivity (Wildman–Crippen MR) is 78.4 cm³/mol. The third kappa shape index (κ3) is 3.53. The molecule has 1 heterocycles. The molecule has 0 bridgehead atoms. The molecule has 0 amide bonds. The van der Waals surface area contributed by atoms with Gasteiger partial charge in [-0.15, -0.1) is 11.3 Å². The van der Waals surface area contributed by atoms with Crippen LogP contribution >= 0.6 is 22.9 Å². The van der Waals surface area contributed by atoms with E-state index in [2.05, 4.69) is 4.98 Å². The summed E-state index contributed by atoms with van der Waals surface area (Å²) in [5.74, 6) is -0.297. The van der Waals surface area contributed by atoms with Crippen molar-refractivity contribution in [3.63, 3.8) is 0 Å². The molecule has 0 aliphatic rings. The molecule has 19 heavy (non-hydrogen) atoms. The number of nitrogens with two attached hydrogens (primary N) is 1. The smallest absolute Gasteiger partial charge is 0.127 e. The van der Waals surface area contributed by atoms with Gasteiger partial charge in [0.1, 0.15) is 5.82 Å². The van der Waals surface area contributed by atoms with Gasteiger partial charge in [-0.1, -0.05) is 17.7 Å². The molecule has 0 saturated heterocycles. The van der Waals surface area contributed by atoms with Gasteiger partial charge in [-0.3, -0.25) is 0 Å². The van der Waals surface area contributed by atoms with Crippen LogP contribution in [-0.4, -0.2) is 11.0 Å². The first-order chi connectivity index (χ1) is 8.97. The van der Waals surface area contributed by atoms with Gasteiger partial charge >= 0.3 is 0 Å². The van der Waals surface area contributed by atoms with Crippen molar-refractivity contribution in [1.29, 1.82) is 0 Å². The van der Waals surface area contributed by atoms with E-state index in [0.717, 1.165) is 10.7 Å². The van der Waals surface area contributed by atoms with Crippen molar-refractivity contribution in [2.24, 2.45) is 5.73 Å². The van der Waals surface area contributed by atoms with E-state index in [9.17, 15) is 4.39 Å². The summed E-state index contributed by atoms with van der Waals surface area (Å²) in [6.07, 6.45) is 1.06. The van der Waals surface area contributed by atoms with Gasteiger partial charge in [0, 0.05) is 27.9 Å². The first-order valence-corrected chi connectivity index (χ1v) is 7.28. The van der Waals surface area contributed by atoms with Gasteiger partial charge in [0.2, 0.25) is 0 Å². The molecule has 1 aromatic heterocycles. The Morgan fingerprint density at radius 2 is 2.11 bits per heavy atom. The molecule has 0 radical (unpaired) electrons. The topological polar surface area (TPSA) is 38.9 Å². The molecule has 2 aromatic rings. The highest BCUT2D eigenvalue weighted by molar-refractivity contribution is 7.11. The van der Waals surface area contributed by atoms with Crippen LogP contribution in [0.2, 0.25) is 5.02 Å². The average Bonchev–Trinajstić information content (AvgIpc) is 2.63. The van der Waals surface area contributed by atoms with Crippen molar-refractivity contribution in [1.82, 2.24) is 4.98 Å². The van der Waals surface area contributed by atoms with Crippen LogP contribution < -0.4 is 5.73 Å². The molecule has 102 valence electrons. The second-order valence-corrected chi connectivity index (χ2v) is 6.31. The van der Waals surface area contributed by atoms with Crippen LogP contribution in [0.25, 0.3) is 0 Å². The van der Waals surface area contributed by atoms with E-state index in [1.54, 1.807) is 23.5 Å². The predicted octanol–water partition coefficient (Wildman–Crippen LogP) is 3.66. The van der Waals surface area contributed by atoms with Crippen LogP contribution in [0.15, 0.2) is 18.2 Å². The lowest BCUT2D eigenvalue weighted by Crippen LogP contribution is -2.26. The van der Waals surface area contributed by atoms with Crippen LogP contribution in [0, 0.1) is 19.7 Å². The Morgan fingerprint density at radius 3 is 2.68 bits per heavy atom. The van der Waals surface area contributed by atoms with Crippen LogP contribution in [-0.2, 0) is 12.8 Å². The Labute approximate surface area is 121 Å². The Balaban J connectivity index is 2.07. The van der Waals surface area contributed by atoms with E-state index in [-0.39, 0.29) is 11.9 Å². The van der Waals surface area contributed by atoms with Crippen LogP contribution in [0.5, 0.6) is 0 Å². The minimum atomic E-state index is -0.297. The molecular weight excluding hydrogens is 283 g/mol. The zero-order valence-corrected chi connectivity index (χ0v) is 12.5. The van der Waals surface area contributed by atoms with Crippen LogP contribution in [0.3, 0.4) is 0 Å². The van der Waals surface area contributed by atoms with Crippen molar-refractivity contribution >= 4 is 22.9 Å². The minimum absolute atomic E-state index is 0.181. The first kappa shape index (κ1) is 14.4. The fourth-order valence-electron chi connectivity index (χ4n) is 1.91. The van der Waals surface area contributed by atoms with E-state index >= 15 is 0 Å². The van der Waals surface area contributed by atoms with Gasteiger partial charge < -0.3 is 5.73 Å². The largest absolute Gasteiger partial charge is 0.327 e. The van der Waals surface area contributed by atoms with E-state index < -0.39 is 0 Å². The van der Waals surface area contributed by atoms with Crippen molar-refractivity contribution in [3.8, 4) is 0 Å². The Bertz CT molecular complexity index is 543. The molecule has 2 nitrogen and oxygen atoms in total. The first-order valence-electron chi connectivity index (χ1n) is 6.08. The SMILES string of the molecule is Cc1nc(CC(N)Cc2c(F)cccc2Cl)sc1C. The summed E-state index contributed by atoms with van der Waals surface area (Å²) in [6, 6.07) is 4.51. The van der Waals surface area contributed by atoms with Crippen molar-refractivity contribution in [2.75, 3.05) is 0 Å². The maximum absolute atomic E-state index is 13.7. The zero-order valence-electron chi connectivity index (χ0n) is 10.9. The van der Waals surface area contributed by atoms with Crippen molar-refractivity contribution < 1.29 is 4.39 Å². The number of aromatic nitrogens is 1. The number of hydrogen-bond donors (Lipinski definition) is 1. The second kappa shape index (κ2) is 5.99. The maximum atomic E-state index is 13.7. The fraction of sp³-hybridized carbons (Fsp3) is 0.357. The molecule has 2 rings (SSSR count). The lowest BCUT2D eigenvalue weighted by Gasteiger charge is -2.12. The molecule has 0 aliphatic carbocycles. The van der Waals surface area contributed by atoms with Gasteiger partial charge in [-0.2, -0.15) is 0 Å². The highest BCUT2D eigenvalue weighted by Crippen LogP contribution is 2.22. The number of halogens is 2. The number of rotatable bonds is 4. The summed E-state index contributed by atoms with van der Waals surface area (Å²) in [5.41, 5.74) is 7.60. The zero-order chi connectivity index (χ0) is 14.0. The third-order valence-corrected chi connectivity index (χ3v) is 4.49. The molecule has 1 unspecified atom stereocenters. The second-order valence-electron chi connectivity index (χ2n) is 4.62. The molecule has 2 N–H and O–H groups in total. The third-order valence-electron chi connectivity index (χ3n) is 3.04. The van der Waals surface area contributed by atoms with Gasteiger partial charge in [-0.05, 0) is 32.4 Å². The van der Waals surface area contributed by atoms with Gasteiger partial charge in [0.15, 0.2) is 0 Å². The van der Waals surface area contributed by atoms with Crippen molar-refractivity contribution in [3.05, 3.63) is 50.2 Å². The number of thiazole rings is 1. The Kier molecular flexibility index (Phi) is 4.55. The standard InChI is InChI=1S/C14H16ClFN2S/c1-8-9(2)19-14(18-8)7-10(17)6-11-12(15)4-3-5-13(11)16/h3-5,10H,6-7,17H2,1-2H3. The van der Waals surface area contributed by atoms with Crippen LogP contribution in [0.1, 0.15) is 21.1 Å². The molecule has 0 aliphatic heterocycles. The quantitative estimate of drug-likeness (QED) is 0.935. The number of aryl methyl sites for hydroxylation is 2. The summed E-state index contributed by atoms with van der Waals surface area (Å²) in [6.45, 7) is 4.02. The van der Waals surface area contributed by atoms with Gasteiger partial charge in [0.25, 0.3) is 0 Å². The van der Waals surface area contributed by atoms with E-state index in [0.29, 0.717) is 23.4 Å². The molecular formula is C14H16ClFN2S. The molecule has 0 spiro atoms. The molecule has 1 aromatic carbocycles. The monoisotopic (exact) mass is 298 g/mol. The van der Waals surface area contributed by atoms with E-state index in [4.69, 9.17) is 17.3 Å². The molecule has 1 atom stereocenters. The Hall–Kier alpha value is -0.970. The number of nitrogens with zero attached hydrogens (tertiary/aromatic N) is 1. The summed E-state index contributed by atoms with van der Waals surface area (Å²) in [4.78, 5) is 5.65. The van der Waals surface area contributed by atoms with Gasteiger partial charge in [0.05, 0.1) is 10.7 Å². The summed E-state index contributed by atoms with van der Waals surface area (Å²) < 4.78 is 13.7. The minimum Gasteiger partial charge on any atom is -0.327 e. The molecule has 0 saturated carbocycles. The van der Waals surface area contributed by atoms with Gasteiger partial charge in [-0.25, -0.2) is 9.37 Å². The normalized spacial score (nSPS) is 12.7. The number of hydrogen-bond acceptors (Lipinski definition) is 3. The highest BCUT2D eigenvalue weighted by Gasteiger charge is 2.14. The molecule has 0 fully saturated rings. The highest BCUT2D eigenvalue weighted by atomic mass is 35.5. The van der Waals surface area contributed by atoms with E-state index in [1.807, 2.05) is 13.8 Å². The fourth-order valence-corrected chi connectivity index (χ4v) is 3.18. The summed E-state index contributed by atoms with van der Waals surface area (Å²) in [5, 5.41) is 1.43. The summed E-state index contributed by atoms with van der Waals surface area (Å²) in [7, 11) is 0. The average molecular weight is 299 g/mol.